The minimum absolute atomic E-state index is 0.640. The van der Waals surface area contributed by atoms with Crippen molar-refractivity contribution >= 4 is 15.9 Å². The van der Waals surface area contributed by atoms with E-state index in [1.54, 1.807) is 12.1 Å². The molecule has 1 aromatic rings. The number of rotatable bonds is 5. The highest BCUT2D eigenvalue weighted by molar-refractivity contribution is 9.10. The molecule has 2 nitrogen and oxygen atoms in total. The lowest BCUT2D eigenvalue weighted by Gasteiger charge is -2.09. The van der Waals surface area contributed by atoms with Crippen LogP contribution in [0.25, 0.3) is 0 Å². The van der Waals surface area contributed by atoms with Crippen molar-refractivity contribution in [1.82, 2.24) is 0 Å². The third-order valence-electron chi connectivity index (χ3n) is 2.24. The first-order valence-corrected chi connectivity index (χ1v) is 6.25. The molecule has 0 saturated carbocycles. The zero-order chi connectivity index (χ0) is 12.0. The summed E-state index contributed by atoms with van der Waals surface area (Å²) in [4.78, 5) is 0. The number of halogens is 1. The van der Waals surface area contributed by atoms with Gasteiger partial charge in [0.05, 0.1) is 22.7 Å². The first-order chi connectivity index (χ1) is 7.63. The van der Waals surface area contributed by atoms with Crippen LogP contribution in [0.1, 0.15) is 32.3 Å². The van der Waals surface area contributed by atoms with Crippen molar-refractivity contribution in [2.75, 3.05) is 6.61 Å². The van der Waals surface area contributed by atoms with Crippen LogP contribution in [0.5, 0.6) is 5.75 Å². The Hall–Kier alpha value is -1.01. The van der Waals surface area contributed by atoms with Gasteiger partial charge in [0.25, 0.3) is 0 Å². The summed E-state index contributed by atoms with van der Waals surface area (Å²) in [7, 11) is 0. The fraction of sp³-hybridized carbons (Fsp3) is 0.462. The van der Waals surface area contributed by atoms with E-state index in [2.05, 4.69) is 35.8 Å². The zero-order valence-electron chi connectivity index (χ0n) is 9.66. The van der Waals surface area contributed by atoms with Gasteiger partial charge in [0.15, 0.2) is 0 Å². The van der Waals surface area contributed by atoms with Gasteiger partial charge in [-0.2, -0.15) is 5.26 Å². The molecular weight excluding hydrogens is 266 g/mol. The summed E-state index contributed by atoms with van der Waals surface area (Å²) in [6.45, 7) is 5.14. The van der Waals surface area contributed by atoms with Gasteiger partial charge >= 0.3 is 0 Å². The Kier molecular flexibility index (Phi) is 5.34. The van der Waals surface area contributed by atoms with Gasteiger partial charge < -0.3 is 4.74 Å². The Morgan fingerprint density at radius 2 is 2.19 bits per heavy atom. The average molecular weight is 282 g/mol. The summed E-state index contributed by atoms with van der Waals surface area (Å²) in [5, 5.41) is 8.72. The van der Waals surface area contributed by atoms with Crippen molar-refractivity contribution in [1.29, 1.82) is 5.26 Å². The van der Waals surface area contributed by atoms with Crippen LogP contribution in [0.15, 0.2) is 22.7 Å². The van der Waals surface area contributed by atoms with Gasteiger partial charge in [-0.15, -0.1) is 0 Å². The Morgan fingerprint density at radius 1 is 1.44 bits per heavy atom. The van der Waals surface area contributed by atoms with E-state index < -0.39 is 0 Å². The fourth-order valence-electron chi connectivity index (χ4n) is 1.36. The van der Waals surface area contributed by atoms with Gasteiger partial charge in [-0.1, -0.05) is 13.8 Å². The summed E-state index contributed by atoms with van der Waals surface area (Å²) in [5.74, 6) is 1.52. The molecule has 0 spiro atoms. The van der Waals surface area contributed by atoms with E-state index in [0.717, 1.165) is 23.2 Å². The molecule has 0 unspecified atom stereocenters. The smallest absolute Gasteiger partial charge is 0.133 e. The van der Waals surface area contributed by atoms with Gasteiger partial charge in [0, 0.05) is 0 Å². The van der Waals surface area contributed by atoms with Crippen molar-refractivity contribution in [3.05, 3.63) is 28.2 Å². The van der Waals surface area contributed by atoms with E-state index in [1.807, 2.05) is 6.07 Å². The highest BCUT2D eigenvalue weighted by Gasteiger charge is 2.02. The highest BCUT2D eigenvalue weighted by atomic mass is 79.9. The molecule has 0 atom stereocenters. The molecule has 86 valence electrons. The lowest BCUT2D eigenvalue weighted by molar-refractivity contribution is 0.296. The lowest BCUT2D eigenvalue weighted by atomic mass is 10.1. The molecule has 0 aromatic heterocycles. The summed E-state index contributed by atoms with van der Waals surface area (Å²) < 4.78 is 6.47. The maximum atomic E-state index is 8.72. The van der Waals surface area contributed by atoms with Gasteiger partial charge in [0.2, 0.25) is 0 Å². The monoisotopic (exact) mass is 281 g/mol. The topological polar surface area (TPSA) is 33.0 Å². The molecule has 0 radical (unpaired) electrons. The van der Waals surface area contributed by atoms with Crippen molar-refractivity contribution in [2.24, 2.45) is 5.92 Å². The molecule has 0 amide bonds. The van der Waals surface area contributed by atoms with E-state index in [9.17, 15) is 0 Å². The predicted molar refractivity (Wildman–Crippen MR) is 68.4 cm³/mol. The van der Waals surface area contributed by atoms with Crippen molar-refractivity contribution in [2.45, 2.75) is 26.7 Å². The molecule has 1 rings (SSSR count). The number of hydrogen-bond acceptors (Lipinski definition) is 2. The van der Waals surface area contributed by atoms with Crippen molar-refractivity contribution in [3.8, 4) is 11.8 Å². The Labute approximate surface area is 105 Å². The van der Waals surface area contributed by atoms with E-state index in [1.165, 1.54) is 6.42 Å². The largest absolute Gasteiger partial charge is 0.492 e. The van der Waals surface area contributed by atoms with Gasteiger partial charge in [-0.3, -0.25) is 0 Å². The molecule has 0 saturated heterocycles. The second kappa shape index (κ2) is 6.55. The van der Waals surface area contributed by atoms with E-state index in [4.69, 9.17) is 10.00 Å². The van der Waals surface area contributed by atoms with Crippen molar-refractivity contribution < 1.29 is 4.74 Å². The van der Waals surface area contributed by atoms with Gasteiger partial charge in [0.1, 0.15) is 5.75 Å². The van der Waals surface area contributed by atoms with Crippen LogP contribution in [-0.4, -0.2) is 6.61 Å². The standard InChI is InChI=1S/C13H16BrNO/c1-10(2)4-3-7-16-13-6-5-11(9-15)8-12(13)14/h5-6,8,10H,3-4,7H2,1-2H3. The number of ether oxygens (including phenoxy) is 1. The van der Waals surface area contributed by atoms with Crippen LogP contribution in [-0.2, 0) is 0 Å². The molecule has 1 aromatic carbocycles. The lowest BCUT2D eigenvalue weighted by Crippen LogP contribution is -2.00. The zero-order valence-corrected chi connectivity index (χ0v) is 11.3. The molecule has 0 N–H and O–H groups in total. The highest BCUT2D eigenvalue weighted by Crippen LogP contribution is 2.26. The molecule has 0 heterocycles. The third-order valence-corrected chi connectivity index (χ3v) is 2.86. The summed E-state index contributed by atoms with van der Waals surface area (Å²) in [6, 6.07) is 7.46. The maximum absolute atomic E-state index is 8.72. The van der Waals surface area contributed by atoms with Crippen LogP contribution >= 0.6 is 15.9 Å². The Balaban J connectivity index is 2.46. The van der Waals surface area contributed by atoms with E-state index >= 15 is 0 Å². The quantitative estimate of drug-likeness (QED) is 0.760. The molecule has 16 heavy (non-hydrogen) atoms. The second-order valence-corrected chi connectivity index (χ2v) is 5.00. The van der Waals surface area contributed by atoms with Gasteiger partial charge in [-0.25, -0.2) is 0 Å². The summed E-state index contributed by atoms with van der Waals surface area (Å²) in [6.07, 6.45) is 2.23. The minimum atomic E-state index is 0.640. The average Bonchev–Trinajstić information content (AvgIpc) is 2.25. The van der Waals surface area contributed by atoms with Crippen LogP contribution < -0.4 is 4.74 Å². The number of hydrogen-bond donors (Lipinski definition) is 0. The SMILES string of the molecule is CC(C)CCCOc1ccc(C#N)cc1Br. The number of nitriles is 1. The molecule has 0 aliphatic heterocycles. The first kappa shape index (κ1) is 13.1. The second-order valence-electron chi connectivity index (χ2n) is 4.14. The van der Waals surface area contributed by atoms with Crippen LogP contribution in [0.2, 0.25) is 0 Å². The molecule has 3 heteroatoms. The van der Waals surface area contributed by atoms with E-state index in [0.29, 0.717) is 11.5 Å². The summed E-state index contributed by atoms with van der Waals surface area (Å²) in [5.41, 5.74) is 0.640. The van der Waals surface area contributed by atoms with Gasteiger partial charge in [-0.05, 0) is 52.9 Å². The Morgan fingerprint density at radius 3 is 2.75 bits per heavy atom. The fourth-order valence-corrected chi connectivity index (χ4v) is 1.85. The minimum Gasteiger partial charge on any atom is -0.492 e. The number of benzene rings is 1. The molecule has 0 aliphatic rings. The van der Waals surface area contributed by atoms with Crippen molar-refractivity contribution in [3.63, 3.8) is 0 Å². The molecule has 0 aliphatic carbocycles. The van der Waals surface area contributed by atoms with Crippen LogP contribution in [0, 0.1) is 17.2 Å². The maximum Gasteiger partial charge on any atom is 0.133 e. The number of nitrogens with zero attached hydrogens (tertiary/aromatic N) is 1. The summed E-state index contributed by atoms with van der Waals surface area (Å²) >= 11 is 3.39. The molecule has 0 bridgehead atoms. The normalized spacial score (nSPS) is 10.2. The Bertz CT molecular complexity index is 382. The van der Waals surface area contributed by atoms with E-state index in [-0.39, 0.29) is 0 Å². The molecule has 0 fully saturated rings. The van der Waals surface area contributed by atoms with Crippen LogP contribution in [0.4, 0.5) is 0 Å². The first-order valence-electron chi connectivity index (χ1n) is 5.46. The molecular formula is C13H16BrNO. The van der Waals surface area contributed by atoms with Crippen LogP contribution in [0.3, 0.4) is 0 Å². The predicted octanol–water partition coefficient (Wildman–Crippen LogP) is 4.14. The third kappa shape index (κ3) is 4.24.